The Balaban J connectivity index is 2.22. The fourth-order valence-corrected chi connectivity index (χ4v) is 3.66. The molecule has 2 heteroatoms. The van der Waals surface area contributed by atoms with E-state index >= 15 is 0 Å². The van der Waals surface area contributed by atoms with Crippen molar-refractivity contribution in [1.29, 1.82) is 0 Å². The van der Waals surface area contributed by atoms with Crippen molar-refractivity contribution in [1.82, 2.24) is 9.97 Å². The third-order valence-corrected chi connectivity index (χ3v) is 4.43. The molecule has 3 aliphatic rings. The number of hydrogen-bond acceptors (Lipinski definition) is 2. The molecular weight excluding hydrogens is 196 g/mol. The third-order valence-electron chi connectivity index (χ3n) is 4.43. The van der Waals surface area contributed by atoms with Crippen LogP contribution in [0.4, 0.5) is 0 Å². The fourth-order valence-electron chi connectivity index (χ4n) is 3.66. The first-order chi connectivity index (χ1) is 7.59. The molecule has 4 rings (SSSR count). The topological polar surface area (TPSA) is 25.8 Å². The second-order valence-corrected chi connectivity index (χ2v) is 5.34. The molecule has 2 atom stereocenters. The molecule has 84 valence electrons. The monoisotopic (exact) mass is 214 g/mol. The maximum absolute atomic E-state index is 4.58. The van der Waals surface area contributed by atoms with Gasteiger partial charge in [-0.05, 0) is 43.6 Å². The van der Waals surface area contributed by atoms with Crippen LogP contribution in [0.25, 0.3) is 6.08 Å². The van der Waals surface area contributed by atoms with Crippen LogP contribution in [0.2, 0.25) is 0 Å². The average Bonchev–Trinajstić information content (AvgIpc) is 2.45. The van der Waals surface area contributed by atoms with E-state index in [0.29, 0.717) is 5.92 Å². The highest BCUT2D eigenvalue weighted by Crippen LogP contribution is 2.55. The van der Waals surface area contributed by atoms with Gasteiger partial charge in [-0.1, -0.05) is 19.9 Å². The molecule has 0 aromatic carbocycles. The number of aromatic nitrogens is 2. The third kappa shape index (κ3) is 1.13. The van der Waals surface area contributed by atoms with Gasteiger partial charge in [0, 0.05) is 11.3 Å². The largest absolute Gasteiger partial charge is 0.238 e. The molecule has 0 radical (unpaired) electrons. The van der Waals surface area contributed by atoms with E-state index in [2.05, 4.69) is 42.9 Å². The summed E-state index contributed by atoms with van der Waals surface area (Å²) in [7, 11) is 0. The van der Waals surface area contributed by atoms with Crippen LogP contribution in [0.15, 0.2) is 6.08 Å². The molecule has 0 N–H and O–H groups in total. The molecule has 1 fully saturated rings. The molecule has 0 spiro atoms. The van der Waals surface area contributed by atoms with Gasteiger partial charge >= 0.3 is 0 Å². The molecule has 1 aromatic rings. The zero-order chi connectivity index (χ0) is 11.4. The van der Waals surface area contributed by atoms with Gasteiger partial charge in [-0.15, -0.1) is 0 Å². The molecule has 2 bridgehead atoms. The van der Waals surface area contributed by atoms with Crippen molar-refractivity contribution in [3.05, 3.63) is 28.9 Å². The first kappa shape index (κ1) is 10.0. The maximum atomic E-state index is 4.58. The van der Waals surface area contributed by atoms with Crippen LogP contribution >= 0.6 is 0 Å². The Bertz CT molecular complexity index is 466. The molecular formula is C14H18N2. The highest BCUT2D eigenvalue weighted by Gasteiger charge is 2.47. The Labute approximate surface area is 96.8 Å². The van der Waals surface area contributed by atoms with Gasteiger partial charge in [-0.2, -0.15) is 0 Å². The van der Waals surface area contributed by atoms with E-state index in [-0.39, 0.29) is 0 Å². The number of nitrogens with zero attached hydrogens (tertiary/aromatic N) is 2. The molecule has 1 aromatic heterocycles. The molecule has 1 heterocycles. The van der Waals surface area contributed by atoms with Crippen molar-refractivity contribution in [2.45, 2.75) is 33.6 Å². The first-order valence-corrected chi connectivity index (χ1v) is 6.13. The highest BCUT2D eigenvalue weighted by atomic mass is 14.9. The molecule has 2 unspecified atom stereocenters. The number of aryl methyl sites for hydroxylation is 2. The van der Waals surface area contributed by atoms with Gasteiger partial charge in [0.15, 0.2) is 0 Å². The molecule has 0 aliphatic heterocycles. The summed E-state index contributed by atoms with van der Waals surface area (Å²) >= 11 is 0. The lowest BCUT2D eigenvalue weighted by Gasteiger charge is -2.47. The van der Waals surface area contributed by atoms with E-state index in [4.69, 9.17) is 0 Å². The minimum atomic E-state index is 0.663. The van der Waals surface area contributed by atoms with E-state index in [0.717, 1.165) is 29.3 Å². The Kier molecular flexibility index (Phi) is 1.97. The molecule has 16 heavy (non-hydrogen) atoms. The minimum Gasteiger partial charge on any atom is -0.238 e. The van der Waals surface area contributed by atoms with E-state index in [1.54, 1.807) is 0 Å². The van der Waals surface area contributed by atoms with Crippen LogP contribution in [-0.2, 0) is 0 Å². The van der Waals surface area contributed by atoms with Gasteiger partial charge in [-0.25, -0.2) is 9.97 Å². The maximum Gasteiger partial charge on any atom is 0.126 e. The van der Waals surface area contributed by atoms with Crippen molar-refractivity contribution in [2.75, 3.05) is 0 Å². The van der Waals surface area contributed by atoms with Crippen LogP contribution in [-0.4, -0.2) is 9.97 Å². The SMILES string of the molecule is Cc1nc(C)c2c(n1)C=CC1C(C)C2C1C. The Morgan fingerprint density at radius 2 is 1.75 bits per heavy atom. The van der Waals surface area contributed by atoms with Crippen molar-refractivity contribution in [2.24, 2.45) is 17.8 Å². The molecule has 2 nitrogen and oxygen atoms in total. The smallest absolute Gasteiger partial charge is 0.126 e. The lowest BCUT2D eigenvalue weighted by molar-refractivity contribution is 0.102. The van der Waals surface area contributed by atoms with E-state index in [9.17, 15) is 0 Å². The summed E-state index contributed by atoms with van der Waals surface area (Å²) in [4.78, 5) is 9.11. The summed E-state index contributed by atoms with van der Waals surface area (Å²) in [6, 6.07) is 0. The summed E-state index contributed by atoms with van der Waals surface area (Å²) in [5.74, 6) is 3.78. The van der Waals surface area contributed by atoms with Crippen molar-refractivity contribution in [3.63, 3.8) is 0 Å². The van der Waals surface area contributed by atoms with Crippen LogP contribution in [0.3, 0.4) is 0 Å². The predicted octanol–water partition coefficient (Wildman–Crippen LogP) is 3.11. The second-order valence-electron chi connectivity index (χ2n) is 5.34. The van der Waals surface area contributed by atoms with Crippen molar-refractivity contribution < 1.29 is 0 Å². The van der Waals surface area contributed by atoms with E-state index in [1.807, 2.05) is 6.92 Å². The van der Waals surface area contributed by atoms with Gasteiger partial charge in [0.1, 0.15) is 5.82 Å². The lowest BCUT2D eigenvalue weighted by atomic mass is 9.56. The average molecular weight is 214 g/mol. The second kappa shape index (κ2) is 3.16. The Morgan fingerprint density at radius 3 is 2.44 bits per heavy atom. The van der Waals surface area contributed by atoms with Crippen molar-refractivity contribution >= 4 is 6.08 Å². The van der Waals surface area contributed by atoms with Crippen LogP contribution in [0.1, 0.15) is 42.5 Å². The molecule has 0 saturated heterocycles. The number of allylic oxidation sites excluding steroid dienone is 1. The first-order valence-electron chi connectivity index (χ1n) is 6.13. The Morgan fingerprint density at radius 1 is 1.06 bits per heavy atom. The molecule has 0 amide bonds. The molecule has 3 aliphatic carbocycles. The highest BCUT2D eigenvalue weighted by molar-refractivity contribution is 5.56. The zero-order valence-corrected chi connectivity index (χ0v) is 10.4. The van der Waals surface area contributed by atoms with Gasteiger partial charge in [0.2, 0.25) is 0 Å². The molecule has 1 saturated carbocycles. The van der Waals surface area contributed by atoms with Crippen LogP contribution in [0, 0.1) is 31.6 Å². The van der Waals surface area contributed by atoms with Crippen LogP contribution in [0.5, 0.6) is 0 Å². The van der Waals surface area contributed by atoms with E-state index < -0.39 is 0 Å². The lowest BCUT2D eigenvalue weighted by Crippen LogP contribution is -2.40. The summed E-state index contributed by atoms with van der Waals surface area (Å²) in [6.07, 6.45) is 4.56. The quantitative estimate of drug-likeness (QED) is 0.663. The summed E-state index contributed by atoms with van der Waals surface area (Å²) < 4.78 is 0. The van der Waals surface area contributed by atoms with Gasteiger partial charge in [0.05, 0.1) is 5.69 Å². The predicted molar refractivity (Wildman–Crippen MR) is 65.1 cm³/mol. The van der Waals surface area contributed by atoms with Crippen LogP contribution < -0.4 is 0 Å². The Hall–Kier alpha value is -1.18. The standard InChI is InChI=1S/C14H18N2/c1-7-11-5-6-12-14(13(7)8(11)2)9(3)15-10(4)16-12/h5-8,11,13H,1-4H3. The van der Waals surface area contributed by atoms with Gasteiger partial charge in [-0.3, -0.25) is 0 Å². The summed E-state index contributed by atoms with van der Waals surface area (Å²) in [5.41, 5.74) is 3.74. The van der Waals surface area contributed by atoms with Gasteiger partial charge in [0.25, 0.3) is 0 Å². The number of hydrogen-bond donors (Lipinski definition) is 0. The fraction of sp³-hybridized carbons (Fsp3) is 0.571. The zero-order valence-electron chi connectivity index (χ0n) is 10.4. The summed E-state index contributed by atoms with van der Waals surface area (Å²) in [6.45, 7) is 8.81. The summed E-state index contributed by atoms with van der Waals surface area (Å²) in [5, 5.41) is 0. The minimum absolute atomic E-state index is 0.663. The van der Waals surface area contributed by atoms with Crippen molar-refractivity contribution in [3.8, 4) is 0 Å². The van der Waals surface area contributed by atoms with E-state index in [1.165, 1.54) is 11.3 Å². The number of rotatable bonds is 0. The van der Waals surface area contributed by atoms with Gasteiger partial charge < -0.3 is 0 Å². The normalized spacial score (nSPS) is 35.2.